The minimum Gasteiger partial charge on any atom is -0.404 e. The average Bonchev–Trinajstić information content (AvgIpc) is 3.08. The molecule has 0 bridgehead atoms. The van der Waals surface area contributed by atoms with Crippen LogP contribution < -0.4 is 10.9 Å². The number of alkyl carbamates (subject to hydrolysis) is 1. The Bertz CT molecular complexity index is 1290. The van der Waals surface area contributed by atoms with E-state index in [0.717, 1.165) is 5.39 Å². The number of carbonyl (C=O) groups is 2. The van der Waals surface area contributed by atoms with Crippen molar-refractivity contribution in [3.05, 3.63) is 82.1 Å². The first kappa shape index (κ1) is 20.5. The van der Waals surface area contributed by atoms with Gasteiger partial charge in [0.1, 0.15) is 5.82 Å². The number of imide groups is 1. The Balaban J connectivity index is 1.78. The molecule has 0 spiro atoms. The highest BCUT2D eigenvalue weighted by molar-refractivity contribution is 6.07. The molecule has 6 nitrogen and oxygen atoms in total. The van der Waals surface area contributed by atoms with Crippen molar-refractivity contribution in [2.45, 2.75) is 32.1 Å². The fraction of sp³-hybridized carbons (Fsp3) is 0.208. The third kappa shape index (κ3) is 3.63. The molecule has 0 unspecified atom stereocenters. The summed E-state index contributed by atoms with van der Waals surface area (Å²) in [6.07, 6.45) is 1.75. The standard InChI is InChI=1S/C24H21FN2O4/c1-3-24(4-2,13-20-22(29)27-23(30)31-20)17-10-11-19(26-21(17)28)15-9-8-14-6-5-7-18(25)16(14)12-15/h5-13H,3-4H2,1-2H3,(H,26,28)(H,27,29,30)/b20-13+. The maximum Gasteiger partial charge on any atom is 0.419 e. The van der Waals surface area contributed by atoms with Gasteiger partial charge in [-0.25, -0.2) is 9.18 Å². The fourth-order valence-corrected chi connectivity index (χ4v) is 4.02. The lowest BCUT2D eigenvalue weighted by atomic mass is 9.75. The number of aromatic nitrogens is 1. The zero-order valence-corrected chi connectivity index (χ0v) is 17.1. The number of ether oxygens (including phenoxy) is 1. The molecule has 1 saturated heterocycles. The number of rotatable bonds is 5. The predicted molar refractivity (Wildman–Crippen MR) is 115 cm³/mol. The number of nitrogens with one attached hydrogen (secondary N) is 2. The molecular weight excluding hydrogens is 399 g/mol. The number of carbonyl (C=O) groups excluding carboxylic acids is 2. The smallest absolute Gasteiger partial charge is 0.404 e. The van der Waals surface area contributed by atoms with Crippen molar-refractivity contribution in [1.82, 2.24) is 10.3 Å². The molecule has 158 valence electrons. The molecule has 1 aliphatic rings. The van der Waals surface area contributed by atoms with E-state index in [0.29, 0.717) is 35.0 Å². The van der Waals surface area contributed by atoms with Gasteiger partial charge in [0.05, 0.1) is 0 Å². The van der Waals surface area contributed by atoms with Gasteiger partial charge in [0.2, 0.25) is 0 Å². The highest BCUT2D eigenvalue weighted by Crippen LogP contribution is 2.34. The Morgan fingerprint density at radius 3 is 2.45 bits per heavy atom. The van der Waals surface area contributed by atoms with E-state index < -0.39 is 17.4 Å². The summed E-state index contributed by atoms with van der Waals surface area (Å²) in [6.45, 7) is 3.80. The van der Waals surface area contributed by atoms with E-state index in [1.54, 1.807) is 36.4 Å². The van der Waals surface area contributed by atoms with E-state index in [9.17, 15) is 18.8 Å². The Labute approximate surface area is 177 Å². The number of amides is 2. The topological polar surface area (TPSA) is 88.3 Å². The number of allylic oxidation sites excluding steroid dienone is 1. The summed E-state index contributed by atoms with van der Waals surface area (Å²) in [5.74, 6) is -1.06. The summed E-state index contributed by atoms with van der Waals surface area (Å²) < 4.78 is 19.1. The first-order valence-corrected chi connectivity index (χ1v) is 10.1. The summed E-state index contributed by atoms with van der Waals surface area (Å²) in [5.41, 5.74) is 0.576. The summed E-state index contributed by atoms with van der Waals surface area (Å²) in [4.78, 5) is 39.2. The van der Waals surface area contributed by atoms with Gasteiger partial charge in [-0.15, -0.1) is 0 Å². The molecule has 1 fully saturated rings. The second kappa shape index (κ2) is 7.83. The van der Waals surface area contributed by atoms with Crippen LogP contribution in [0.2, 0.25) is 0 Å². The molecule has 0 aliphatic carbocycles. The van der Waals surface area contributed by atoms with Crippen LogP contribution in [0.4, 0.5) is 9.18 Å². The summed E-state index contributed by atoms with van der Waals surface area (Å²) in [7, 11) is 0. The molecule has 31 heavy (non-hydrogen) atoms. The summed E-state index contributed by atoms with van der Waals surface area (Å²) >= 11 is 0. The van der Waals surface area contributed by atoms with Crippen molar-refractivity contribution in [3.8, 4) is 11.3 Å². The molecule has 4 rings (SSSR count). The van der Waals surface area contributed by atoms with Gasteiger partial charge in [-0.05, 0) is 48.1 Å². The molecule has 7 heteroatoms. The third-order valence-electron chi connectivity index (χ3n) is 5.90. The molecule has 1 aromatic heterocycles. The second-order valence-electron chi connectivity index (χ2n) is 7.51. The number of benzene rings is 2. The van der Waals surface area contributed by atoms with Crippen molar-refractivity contribution >= 4 is 22.8 Å². The van der Waals surface area contributed by atoms with Crippen molar-refractivity contribution in [2.24, 2.45) is 0 Å². The van der Waals surface area contributed by atoms with Gasteiger partial charge in [0.15, 0.2) is 5.76 Å². The molecule has 2 amide bonds. The molecule has 2 N–H and O–H groups in total. The van der Waals surface area contributed by atoms with E-state index in [4.69, 9.17) is 4.74 Å². The van der Waals surface area contributed by atoms with Crippen molar-refractivity contribution in [2.75, 3.05) is 0 Å². The van der Waals surface area contributed by atoms with Gasteiger partial charge >= 0.3 is 6.09 Å². The summed E-state index contributed by atoms with van der Waals surface area (Å²) in [5, 5.41) is 3.31. The number of H-pyrrole nitrogens is 1. The Kier molecular flexibility index (Phi) is 5.19. The van der Waals surface area contributed by atoms with Crippen molar-refractivity contribution in [1.29, 1.82) is 0 Å². The van der Waals surface area contributed by atoms with Crippen LogP contribution in [0, 0.1) is 5.82 Å². The lowest BCUT2D eigenvalue weighted by Crippen LogP contribution is -2.31. The number of pyridine rings is 1. The Hall–Kier alpha value is -3.74. The SMILES string of the molecule is CCC(/C=C1/OC(=O)NC1=O)(CC)c1ccc(-c2ccc3cccc(F)c3c2)[nH]c1=O. The number of fused-ring (bicyclic) bond motifs is 1. The number of halogens is 1. The van der Waals surface area contributed by atoms with Crippen molar-refractivity contribution in [3.63, 3.8) is 0 Å². The normalized spacial score (nSPS) is 15.4. The molecule has 0 saturated carbocycles. The lowest BCUT2D eigenvalue weighted by molar-refractivity contribution is -0.116. The molecule has 2 aromatic carbocycles. The molecule has 3 aromatic rings. The molecule has 2 heterocycles. The van der Waals surface area contributed by atoms with Crippen LogP contribution in [0.5, 0.6) is 0 Å². The second-order valence-corrected chi connectivity index (χ2v) is 7.51. The third-order valence-corrected chi connectivity index (χ3v) is 5.90. The summed E-state index contributed by atoms with van der Waals surface area (Å²) in [6, 6.07) is 13.7. The monoisotopic (exact) mass is 420 g/mol. The maximum absolute atomic E-state index is 14.2. The van der Waals surface area contributed by atoms with E-state index in [1.165, 1.54) is 6.07 Å². The van der Waals surface area contributed by atoms with Crippen LogP contribution in [-0.2, 0) is 14.9 Å². The number of aromatic amines is 1. The van der Waals surface area contributed by atoms with E-state index in [1.807, 2.05) is 26.0 Å². The molecular formula is C24H21FN2O4. The van der Waals surface area contributed by atoms with Crippen molar-refractivity contribution < 1.29 is 18.7 Å². The lowest BCUT2D eigenvalue weighted by Gasteiger charge is -2.28. The molecule has 0 atom stereocenters. The Morgan fingerprint density at radius 2 is 1.81 bits per heavy atom. The first-order valence-electron chi connectivity index (χ1n) is 10.1. The minimum absolute atomic E-state index is 0.109. The number of hydrogen-bond acceptors (Lipinski definition) is 4. The van der Waals surface area contributed by atoms with Gasteiger partial charge in [0.25, 0.3) is 11.5 Å². The zero-order valence-electron chi connectivity index (χ0n) is 17.1. The minimum atomic E-state index is -0.829. The molecule has 0 radical (unpaired) electrons. The van der Waals surface area contributed by atoms with Crippen LogP contribution >= 0.6 is 0 Å². The number of hydrogen-bond donors (Lipinski definition) is 2. The first-order chi connectivity index (χ1) is 14.9. The largest absolute Gasteiger partial charge is 0.419 e. The van der Waals surface area contributed by atoms with Gasteiger partial charge in [0, 0.05) is 22.1 Å². The highest BCUT2D eigenvalue weighted by atomic mass is 19.1. The van der Waals surface area contributed by atoms with Gasteiger partial charge in [-0.3, -0.25) is 14.9 Å². The van der Waals surface area contributed by atoms with Gasteiger partial charge in [-0.1, -0.05) is 44.2 Å². The van der Waals surface area contributed by atoms with Crippen LogP contribution in [0.1, 0.15) is 32.3 Å². The maximum atomic E-state index is 14.2. The van der Waals surface area contributed by atoms with Gasteiger partial charge in [-0.2, -0.15) is 0 Å². The zero-order chi connectivity index (χ0) is 22.2. The van der Waals surface area contributed by atoms with E-state index in [2.05, 4.69) is 10.3 Å². The van der Waals surface area contributed by atoms with Crippen LogP contribution in [0.25, 0.3) is 22.0 Å². The van der Waals surface area contributed by atoms with Gasteiger partial charge < -0.3 is 9.72 Å². The predicted octanol–water partition coefficient (Wildman–Crippen LogP) is 4.54. The highest BCUT2D eigenvalue weighted by Gasteiger charge is 2.35. The van der Waals surface area contributed by atoms with Crippen LogP contribution in [0.15, 0.2) is 65.2 Å². The fourth-order valence-electron chi connectivity index (χ4n) is 4.02. The molecule has 1 aliphatic heterocycles. The Morgan fingerprint density at radius 1 is 1.03 bits per heavy atom. The quantitative estimate of drug-likeness (QED) is 0.593. The van der Waals surface area contributed by atoms with E-state index in [-0.39, 0.29) is 17.1 Å². The van der Waals surface area contributed by atoms with Crippen LogP contribution in [0.3, 0.4) is 0 Å². The number of cyclic esters (lactones) is 1. The van der Waals surface area contributed by atoms with Crippen LogP contribution in [-0.4, -0.2) is 17.0 Å². The van der Waals surface area contributed by atoms with E-state index >= 15 is 0 Å². The average molecular weight is 420 g/mol.